The predicted molar refractivity (Wildman–Crippen MR) is 91.3 cm³/mol. The molecular weight excluding hydrogens is 397 g/mol. The molecule has 1 aromatic rings. The number of rotatable bonds is 8. The highest BCUT2D eigenvalue weighted by Crippen LogP contribution is 2.53. The maximum absolute atomic E-state index is 11.0. The van der Waals surface area contributed by atoms with Crippen molar-refractivity contribution in [1.29, 1.82) is 0 Å². The van der Waals surface area contributed by atoms with E-state index in [1.807, 2.05) is 12.1 Å². The van der Waals surface area contributed by atoms with E-state index in [-0.39, 0.29) is 18.8 Å². The van der Waals surface area contributed by atoms with Gasteiger partial charge >= 0.3 is 6.09 Å². The largest absolute Gasteiger partial charge is 0.446 e. The van der Waals surface area contributed by atoms with Crippen LogP contribution in [0.4, 0.5) is 4.79 Å². The Kier molecular flexibility index (Phi) is 6.05. The fraction of sp³-hybridized carbons (Fsp3) is 0.562. The number of carbonyl (C=O) groups is 1. The highest BCUT2D eigenvalue weighted by atomic mass is 127. The Labute approximate surface area is 144 Å². The Morgan fingerprint density at radius 1 is 1.45 bits per heavy atom. The maximum atomic E-state index is 11.0. The van der Waals surface area contributed by atoms with E-state index in [0.29, 0.717) is 0 Å². The van der Waals surface area contributed by atoms with Gasteiger partial charge in [-0.05, 0) is 47.1 Å². The first kappa shape index (κ1) is 17.5. The number of carbonyl (C=O) groups excluding carboxylic acids is 1. The van der Waals surface area contributed by atoms with E-state index < -0.39 is 11.7 Å². The lowest BCUT2D eigenvalue weighted by Crippen LogP contribution is -2.36. The summed E-state index contributed by atoms with van der Waals surface area (Å²) in [4.78, 5) is 11.0. The Morgan fingerprint density at radius 3 is 2.77 bits per heavy atom. The van der Waals surface area contributed by atoms with Gasteiger partial charge in [0.15, 0.2) is 0 Å². The fourth-order valence-corrected chi connectivity index (χ4v) is 3.90. The summed E-state index contributed by atoms with van der Waals surface area (Å²) in [6, 6.07) is 8.14. The van der Waals surface area contributed by atoms with Gasteiger partial charge in [0.25, 0.3) is 0 Å². The number of amides is 1. The molecule has 6 heteroatoms. The molecule has 0 bridgehead atoms. The number of methoxy groups -OCH3 is 1. The van der Waals surface area contributed by atoms with Gasteiger partial charge in [-0.25, -0.2) is 4.79 Å². The molecule has 0 radical (unpaired) electrons. The minimum absolute atomic E-state index is 0.103. The van der Waals surface area contributed by atoms with Gasteiger partial charge in [0.1, 0.15) is 18.5 Å². The highest BCUT2D eigenvalue weighted by Gasteiger charge is 2.57. The lowest BCUT2D eigenvalue weighted by atomic mass is 9.84. The molecule has 2 N–H and O–H groups in total. The van der Waals surface area contributed by atoms with Crippen molar-refractivity contribution in [2.45, 2.75) is 37.9 Å². The molecule has 0 spiro atoms. The summed E-state index contributed by atoms with van der Waals surface area (Å²) in [7, 11) is 1.61. The number of hydrogen-bond acceptors (Lipinski definition) is 4. The first-order valence-electron chi connectivity index (χ1n) is 7.39. The predicted octanol–water partition coefficient (Wildman–Crippen LogP) is 3.39. The average molecular weight is 419 g/mol. The number of halogens is 1. The minimum atomic E-state index is -0.729. The van der Waals surface area contributed by atoms with Crippen LogP contribution in [0.25, 0.3) is 0 Å². The van der Waals surface area contributed by atoms with E-state index in [4.69, 9.17) is 19.9 Å². The van der Waals surface area contributed by atoms with Crippen LogP contribution < -0.4 is 5.73 Å². The summed E-state index contributed by atoms with van der Waals surface area (Å²) in [5, 5.41) is 0. The zero-order chi connectivity index (χ0) is 16.2. The third-order valence-electron chi connectivity index (χ3n) is 3.98. The van der Waals surface area contributed by atoms with Gasteiger partial charge in [-0.3, -0.25) is 0 Å². The highest BCUT2D eigenvalue weighted by molar-refractivity contribution is 14.1. The Hall–Kier alpha value is -0.860. The van der Waals surface area contributed by atoms with E-state index in [1.165, 1.54) is 0 Å². The second kappa shape index (κ2) is 7.61. The smallest absolute Gasteiger partial charge is 0.404 e. The third-order valence-corrected chi connectivity index (χ3v) is 4.92. The molecule has 0 aromatic heterocycles. The molecular formula is C16H22INO4. The van der Waals surface area contributed by atoms with Crippen molar-refractivity contribution in [3.05, 3.63) is 33.4 Å². The van der Waals surface area contributed by atoms with Gasteiger partial charge in [-0.1, -0.05) is 31.5 Å². The van der Waals surface area contributed by atoms with Crippen LogP contribution in [-0.4, -0.2) is 26.1 Å². The molecule has 2 rings (SSSR count). The molecule has 0 saturated heterocycles. The topological polar surface area (TPSA) is 70.8 Å². The number of nitrogens with two attached hydrogens (primary N) is 1. The van der Waals surface area contributed by atoms with Crippen LogP contribution in [0.2, 0.25) is 0 Å². The monoisotopic (exact) mass is 419 g/mol. The summed E-state index contributed by atoms with van der Waals surface area (Å²) in [6.07, 6.45) is 1.63. The average Bonchev–Trinajstić information content (AvgIpc) is 3.23. The summed E-state index contributed by atoms with van der Waals surface area (Å²) in [6.45, 7) is 2.32. The molecule has 3 unspecified atom stereocenters. The second-order valence-corrected chi connectivity index (χ2v) is 6.65. The molecule has 0 aliphatic heterocycles. The van der Waals surface area contributed by atoms with Crippen LogP contribution in [0.5, 0.6) is 0 Å². The molecule has 22 heavy (non-hydrogen) atoms. The molecule has 122 valence electrons. The van der Waals surface area contributed by atoms with Crippen molar-refractivity contribution in [3.63, 3.8) is 0 Å². The van der Waals surface area contributed by atoms with Crippen molar-refractivity contribution in [1.82, 2.24) is 0 Å². The zero-order valence-electron chi connectivity index (χ0n) is 12.9. The van der Waals surface area contributed by atoms with Gasteiger partial charge in [-0.15, -0.1) is 0 Å². The molecule has 5 nitrogen and oxygen atoms in total. The molecule has 1 aliphatic carbocycles. The second-order valence-electron chi connectivity index (χ2n) is 5.49. The maximum Gasteiger partial charge on any atom is 0.404 e. The van der Waals surface area contributed by atoms with Gasteiger partial charge in [0.2, 0.25) is 0 Å². The van der Waals surface area contributed by atoms with Crippen molar-refractivity contribution in [3.8, 4) is 0 Å². The van der Waals surface area contributed by atoms with Gasteiger partial charge in [0, 0.05) is 16.6 Å². The van der Waals surface area contributed by atoms with Crippen molar-refractivity contribution < 1.29 is 19.0 Å². The van der Waals surface area contributed by atoms with E-state index in [2.05, 4.69) is 41.6 Å². The van der Waals surface area contributed by atoms with Crippen molar-refractivity contribution in [2.75, 3.05) is 13.9 Å². The first-order chi connectivity index (χ1) is 10.5. The summed E-state index contributed by atoms with van der Waals surface area (Å²) in [5.74, 6) is 0.103. The Morgan fingerprint density at radius 2 is 2.18 bits per heavy atom. The van der Waals surface area contributed by atoms with Gasteiger partial charge in [0.05, 0.1) is 0 Å². The van der Waals surface area contributed by atoms with Crippen LogP contribution in [0.3, 0.4) is 0 Å². The quantitative estimate of drug-likeness (QED) is 0.518. The number of primary amides is 1. The van der Waals surface area contributed by atoms with E-state index in [0.717, 1.165) is 28.4 Å². The van der Waals surface area contributed by atoms with E-state index in [1.54, 1.807) is 7.11 Å². The van der Waals surface area contributed by atoms with Crippen LogP contribution >= 0.6 is 22.6 Å². The van der Waals surface area contributed by atoms with Crippen molar-refractivity contribution in [2.24, 2.45) is 11.7 Å². The Balaban J connectivity index is 2.35. The molecule has 0 heterocycles. The van der Waals surface area contributed by atoms with Crippen LogP contribution in [0.15, 0.2) is 24.3 Å². The van der Waals surface area contributed by atoms with Crippen LogP contribution in [0, 0.1) is 9.49 Å². The fourth-order valence-electron chi connectivity index (χ4n) is 3.06. The molecule has 3 atom stereocenters. The molecule has 1 aliphatic rings. The molecule has 1 fully saturated rings. The summed E-state index contributed by atoms with van der Waals surface area (Å²) < 4.78 is 17.6. The zero-order valence-corrected chi connectivity index (χ0v) is 15.0. The normalized spacial score (nSPS) is 22.9. The lowest BCUT2D eigenvalue weighted by molar-refractivity contribution is -0.155. The van der Waals surface area contributed by atoms with Crippen LogP contribution in [0.1, 0.15) is 31.7 Å². The number of ether oxygens (including phenoxy) is 3. The SMILES string of the molecule is CCCC(OCOC)(c1ccccc1I)C1CC1OC(N)=O. The van der Waals surface area contributed by atoms with Crippen LogP contribution in [-0.2, 0) is 19.8 Å². The third kappa shape index (κ3) is 3.72. The van der Waals surface area contributed by atoms with Gasteiger partial charge < -0.3 is 19.9 Å². The summed E-state index contributed by atoms with van der Waals surface area (Å²) in [5.41, 5.74) is 5.76. The van der Waals surface area contributed by atoms with Gasteiger partial charge in [-0.2, -0.15) is 0 Å². The lowest BCUT2D eigenvalue weighted by Gasteiger charge is -2.35. The Bertz CT molecular complexity index is 525. The number of hydrogen-bond donors (Lipinski definition) is 1. The van der Waals surface area contributed by atoms with E-state index in [9.17, 15) is 4.79 Å². The number of benzene rings is 1. The summed E-state index contributed by atoms with van der Waals surface area (Å²) >= 11 is 2.32. The van der Waals surface area contributed by atoms with E-state index >= 15 is 0 Å². The molecule has 1 aromatic carbocycles. The molecule has 1 saturated carbocycles. The van der Waals surface area contributed by atoms with Crippen molar-refractivity contribution >= 4 is 28.7 Å². The first-order valence-corrected chi connectivity index (χ1v) is 8.47. The standard InChI is InChI=1S/C16H22INO4/c1-3-8-16(21-10-20-2,11-6-4-5-7-13(11)17)12-9-14(12)22-15(18)19/h4-7,12,14H,3,8-10H2,1-2H3,(H2,18,19). The minimum Gasteiger partial charge on any atom is -0.446 e. The molecule has 1 amide bonds.